The Morgan fingerprint density at radius 1 is 0.857 bits per heavy atom. The Bertz CT molecular complexity index is 200. The predicted octanol–water partition coefficient (Wildman–Crippen LogP) is 1.68. The zero-order valence-corrected chi connectivity index (χ0v) is 9.06. The van der Waals surface area contributed by atoms with Gasteiger partial charge in [-0.1, -0.05) is 29.8 Å². The molecule has 0 aliphatic carbocycles. The molecule has 1 aromatic rings. The number of halogens is 1. The third-order valence-electron chi connectivity index (χ3n) is 1.69. The molecule has 0 bridgehead atoms. The van der Waals surface area contributed by atoms with E-state index in [0.717, 1.165) is 31.2 Å². The molecule has 0 spiro atoms. The van der Waals surface area contributed by atoms with Gasteiger partial charge in [-0.2, -0.15) is 0 Å². The van der Waals surface area contributed by atoms with Gasteiger partial charge in [-0.05, 0) is 12.1 Å². The van der Waals surface area contributed by atoms with Crippen molar-refractivity contribution in [2.24, 2.45) is 0 Å². The maximum absolute atomic E-state index is 5.54. The Labute approximate surface area is 90.4 Å². The maximum atomic E-state index is 5.54. The molecule has 0 saturated carbocycles. The van der Waals surface area contributed by atoms with Crippen LogP contribution in [0.2, 0.25) is 5.02 Å². The molecule has 0 aromatic heterocycles. The van der Waals surface area contributed by atoms with Crippen LogP contribution in [0.3, 0.4) is 0 Å². The van der Waals surface area contributed by atoms with E-state index in [1.807, 2.05) is 30.3 Å². The number of piperazine rings is 1. The molecule has 80 valence electrons. The molecule has 1 saturated heterocycles. The van der Waals surface area contributed by atoms with Crippen LogP contribution in [0.5, 0.6) is 0 Å². The van der Waals surface area contributed by atoms with Gasteiger partial charge in [0.25, 0.3) is 0 Å². The Morgan fingerprint density at radius 2 is 1.29 bits per heavy atom. The summed E-state index contributed by atoms with van der Waals surface area (Å²) in [5.41, 5.74) is 0. The van der Waals surface area contributed by atoms with Crippen LogP contribution in [0.25, 0.3) is 0 Å². The van der Waals surface area contributed by atoms with Gasteiger partial charge in [-0.3, -0.25) is 0 Å². The standard InChI is InChI=1S/C6H5Cl.C4H10N2.H3N/c7-6-4-2-1-3-5-6;1-2-6-4-3-5-1;/h1-5H;5-6H,1-4H2;1H3. The van der Waals surface area contributed by atoms with Crippen molar-refractivity contribution in [1.82, 2.24) is 16.8 Å². The van der Waals surface area contributed by atoms with Gasteiger partial charge in [0, 0.05) is 31.2 Å². The van der Waals surface area contributed by atoms with Gasteiger partial charge >= 0.3 is 0 Å². The molecule has 1 aromatic carbocycles. The zero-order chi connectivity index (χ0) is 9.36. The van der Waals surface area contributed by atoms with Crippen molar-refractivity contribution in [3.8, 4) is 0 Å². The minimum atomic E-state index is 0. The van der Waals surface area contributed by atoms with Crippen molar-refractivity contribution in [2.75, 3.05) is 26.2 Å². The van der Waals surface area contributed by atoms with Crippen molar-refractivity contribution in [1.29, 1.82) is 0 Å². The fourth-order valence-corrected chi connectivity index (χ4v) is 1.16. The first kappa shape index (κ1) is 13.4. The number of rotatable bonds is 0. The normalized spacial score (nSPS) is 14.6. The summed E-state index contributed by atoms with van der Waals surface area (Å²) in [6, 6.07) is 9.44. The van der Waals surface area contributed by atoms with Crippen LogP contribution in [0.15, 0.2) is 30.3 Å². The number of nitrogens with one attached hydrogen (secondary N) is 2. The van der Waals surface area contributed by atoms with Gasteiger partial charge in [0.05, 0.1) is 0 Å². The smallest absolute Gasteiger partial charge is 0.0405 e. The molecule has 0 atom stereocenters. The summed E-state index contributed by atoms with van der Waals surface area (Å²) in [5.74, 6) is 0. The highest BCUT2D eigenvalue weighted by Gasteiger charge is 1.91. The fourth-order valence-electron chi connectivity index (χ4n) is 1.02. The molecule has 0 amide bonds. The number of hydrogen-bond acceptors (Lipinski definition) is 3. The van der Waals surface area contributed by atoms with Gasteiger partial charge < -0.3 is 16.8 Å². The predicted molar refractivity (Wildman–Crippen MR) is 62.2 cm³/mol. The summed E-state index contributed by atoms with van der Waals surface area (Å²) in [6.45, 7) is 4.56. The Hall–Kier alpha value is -0.610. The third kappa shape index (κ3) is 6.86. The van der Waals surface area contributed by atoms with E-state index < -0.39 is 0 Å². The van der Waals surface area contributed by atoms with Crippen molar-refractivity contribution in [2.45, 2.75) is 0 Å². The first-order valence-corrected chi connectivity index (χ1v) is 4.89. The van der Waals surface area contributed by atoms with Crippen molar-refractivity contribution in [3.05, 3.63) is 35.4 Å². The quantitative estimate of drug-likeness (QED) is 0.617. The van der Waals surface area contributed by atoms with Gasteiger partial charge in [-0.25, -0.2) is 0 Å². The van der Waals surface area contributed by atoms with Crippen LogP contribution in [0.1, 0.15) is 0 Å². The molecule has 1 aliphatic heterocycles. The summed E-state index contributed by atoms with van der Waals surface area (Å²) >= 11 is 5.54. The van der Waals surface area contributed by atoms with Crippen molar-refractivity contribution in [3.63, 3.8) is 0 Å². The van der Waals surface area contributed by atoms with E-state index in [2.05, 4.69) is 10.6 Å². The zero-order valence-electron chi connectivity index (χ0n) is 8.30. The van der Waals surface area contributed by atoms with Crippen LogP contribution >= 0.6 is 11.6 Å². The van der Waals surface area contributed by atoms with Gasteiger partial charge in [-0.15, -0.1) is 0 Å². The van der Waals surface area contributed by atoms with Crippen LogP contribution in [-0.4, -0.2) is 26.2 Å². The monoisotopic (exact) mass is 215 g/mol. The Kier molecular flexibility index (Phi) is 8.57. The third-order valence-corrected chi connectivity index (χ3v) is 1.94. The summed E-state index contributed by atoms with van der Waals surface area (Å²) in [7, 11) is 0. The largest absolute Gasteiger partial charge is 0.344 e. The fraction of sp³-hybridized carbons (Fsp3) is 0.400. The lowest BCUT2D eigenvalue weighted by atomic mass is 10.4. The lowest BCUT2D eigenvalue weighted by molar-refractivity contribution is 0.534. The second-order valence-electron chi connectivity index (χ2n) is 2.80. The van der Waals surface area contributed by atoms with Crippen molar-refractivity contribution < 1.29 is 0 Å². The summed E-state index contributed by atoms with van der Waals surface area (Å²) < 4.78 is 0. The van der Waals surface area contributed by atoms with Crippen molar-refractivity contribution >= 4 is 11.6 Å². The Balaban J connectivity index is 0.000000227. The van der Waals surface area contributed by atoms with Gasteiger partial charge in [0.1, 0.15) is 0 Å². The summed E-state index contributed by atoms with van der Waals surface area (Å²) in [4.78, 5) is 0. The summed E-state index contributed by atoms with van der Waals surface area (Å²) in [5, 5.41) is 7.24. The molecular formula is C10H18ClN3. The average molecular weight is 216 g/mol. The maximum Gasteiger partial charge on any atom is 0.0405 e. The summed E-state index contributed by atoms with van der Waals surface area (Å²) in [6.07, 6.45) is 0. The van der Waals surface area contributed by atoms with Gasteiger partial charge in [0.2, 0.25) is 0 Å². The molecule has 0 radical (unpaired) electrons. The minimum absolute atomic E-state index is 0. The molecule has 5 N–H and O–H groups in total. The molecule has 0 unspecified atom stereocenters. The first-order chi connectivity index (χ1) is 6.39. The van der Waals surface area contributed by atoms with E-state index in [0.29, 0.717) is 0 Å². The second-order valence-corrected chi connectivity index (χ2v) is 3.23. The van der Waals surface area contributed by atoms with E-state index in [1.165, 1.54) is 0 Å². The lowest BCUT2D eigenvalue weighted by Crippen LogP contribution is -2.39. The van der Waals surface area contributed by atoms with E-state index >= 15 is 0 Å². The van der Waals surface area contributed by atoms with Crippen LogP contribution in [0, 0.1) is 0 Å². The molecular weight excluding hydrogens is 198 g/mol. The molecule has 4 heteroatoms. The van der Waals surface area contributed by atoms with E-state index in [-0.39, 0.29) is 6.15 Å². The number of hydrogen-bond donors (Lipinski definition) is 3. The molecule has 14 heavy (non-hydrogen) atoms. The first-order valence-electron chi connectivity index (χ1n) is 4.51. The second kappa shape index (κ2) is 8.97. The highest BCUT2D eigenvalue weighted by molar-refractivity contribution is 6.30. The van der Waals surface area contributed by atoms with Crippen LogP contribution < -0.4 is 16.8 Å². The van der Waals surface area contributed by atoms with E-state index in [4.69, 9.17) is 11.6 Å². The molecule has 2 rings (SSSR count). The van der Waals surface area contributed by atoms with Crippen LogP contribution in [0.4, 0.5) is 0 Å². The lowest BCUT2D eigenvalue weighted by Gasteiger charge is -2.11. The highest BCUT2D eigenvalue weighted by Crippen LogP contribution is 2.03. The van der Waals surface area contributed by atoms with E-state index in [1.54, 1.807) is 0 Å². The molecule has 1 aliphatic rings. The Morgan fingerprint density at radius 3 is 1.50 bits per heavy atom. The average Bonchev–Trinajstić information content (AvgIpc) is 2.22. The van der Waals surface area contributed by atoms with Crippen LogP contribution in [-0.2, 0) is 0 Å². The minimum Gasteiger partial charge on any atom is -0.344 e. The topological polar surface area (TPSA) is 59.1 Å². The highest BCUT2D eigenvalue weighted by atomic mass is 35.5. The molecule has 1 heterocycles. The van der Waals surface area contributed by atoms with E-state index in [9.17, 15) is 0 Å². The SMILES string of the molecule is C1CNCCN1.Clc1ccccc1.N. The molecule has 3 nitrogen and oxygen atoms in total. The van der Waals surface area contributed by atoms with Gasteiger partial charge in [0.15, 0.2) is 0 Å². The molecule has 1 fully saturated rings. The number of benzene rings is 1.